The highest BCUT2D eigenvalue weighted by atomic mass is 19.4. The Morgan fingerprint density at radius 1 is 1.10 bits per heavy atom. The molecule has 0 saturated heterocycles. The lowest BCUT2D eigenvalue weighted by atomic mass is 10.2. The quantitative estimate of drug-likeness (QED) is 0.723. The van der Waals surface area contributed by atoms with Gasteiger partial charge in [-0.25, -0.2) is 9.55 Å². The van der Waals surface area contributed by atoms with Gasteiger partial charge in [-0.1, -0.05) is 35.5 Å². The number of nitrogens with zero attached hydrogens (tertiary/aromatic N) is 4. The zero-order valence-corrected chi connectivity index (χ0v) is 9.87. The molecule has 0 saturated carbocycles. The summed E-state index contributed by atoms with van der Waals surface area (Å²) in [6, 6.07) is 8.79. The van der Waals surface area contributed by atoms with E-state index in [-0.39, 0.29) is 16.3 Å². The van der Waals surface area contributed by atoms with E-state index in [1.165, 1.54) is 0 Å². The van der Waals surface area contributed by atoms with Gasteiger partial charge in [-0.2, -0.15) is 4.98 Å². The Morgan fingerprint density at radius 3 is 2.55 bits per heavy atom. The van der Waals surface area contributed by atoms with Gasteiger partial charge in [0.25, 0.3) is 5.89 Å². The van der Waals surface area contributed by atoms with Crippen molar-refractivity contribution in [3.05, 3.63) is 42.7 Å². The van der Waals surface area contributed by atoms with Crippen molar-refractivity contribution >= 4 is 0 Å². The minimum absolute atomic E-state index is 0.0231. The molecule has 102 valence electrons. The van der Waals surface area contributed by atoms with Crippen molar-refractivity contribution in [1.82, 2.24) is 19.7 Å². The van der Waals surface area contributed by atoms with Gasteiger partial charge in [-0.3, -0.25) is 0 Å². The first-order valence-electron chi connectivity index (χ1n) is 5.56. The van der Waals surface area contributed by atoms with Crippen molar-refractivity contribution in [2.75, 3.05) is 0 Å². The minimum atomic E-state index is -4.59. The zero-order valence-electron chi connectivity index (χ0n) is 9.87. The summed E-state index contributed by atoms with van der Waals surface area (Å²) in [7, 11) is 0. The van der Waals surface area contributed by atoms with E-state index in [0.717, 1.165) is 12.4 Å². The van der Waals surface area contributed by atoms with E-state index in [9.17, 15) is 13.2 Å². The number of hydrogen-bond donors (Lipinski definition) is 0. The average Bonchev–Trinajstić information content (AvgIpc) is 3.08. The van der Waals surface area contributed by atoms with Crippen LogP contribution in [0.4, 0.5) is 13.2 Å². The second-order valence-electron chi connectivity index (χ2n) is 3.88. The van der Waals surface area contributed by atoms with Crippen LogP contribution < -0.4 is 0 Å². The van der Waals surface area contributed by atoms with Crippen LogP contribution in [0, 0.1) is 0 Å². The monoisotopic (exact) mass is 280 g/mol. The summed E-state index contributed by atoms with van der Waals surface area (Å²) in [6.07, 6.45) is -2.77. The minimum Gasteiger partial charge on any atom is -0.330 e. The number of alkyl halides is 3. The van der Waals surface area contributed by atoms with E-state index in [4.69, 9.17) is 4.52 Å². The molecule has 20 heavy (non-hydrogen) atoms. The van der Waals surface area contributed by atoms with Crippen LogP contribution in [0.3, 0.4) is 0 Å². The van der Waals surface area contributed by atoms with E-state index in [2.05, 4.69) is 15.1 Å². The van der Waals surface area contributed by atoms with Gasteiger partial charge < -0.3 is 4.52 Å². The molecule has 0 amide bonds. The third kappa shape index (κ3) is 2.15. The molecule has 2 heterocycles. The Hall–Kier alpha value is -2.64. The molecule has 3 rings (SSSR count). The lowest BCUT2D eigenvalue weighted by molar-refractivity contribution is -0.202. The van der Waals surface area contributed by atoms with E-state index >= 15 is 0 Å². The van der Waals surface area contributed by atoms with Crippen LogP contribution in [-0.4, -0.2) is 19.7 Å². The van der Waals surface area contributed by atoms with Gasteiger partial charge in [0, 0.05) is 18.0 Å². The molecule has 0 atom stereocenters. The SMILES string of the molecule is FC(F)(F)n1ccnc1-c1nc(-c2ccccc2)no1. The summed E-state index contributed by atoms with van der Waals surface area (Å²) >= 11 is 0. The molecule has 5 nitrogen and oxygen atoms in total. The topological polar surface area (TPSA) is 56.7 Å². The predicted octanol–water partition coefficient (Wildman–Crippen LogP) is 3.08. The zero-order chi connectivity index (χ0) is 14.2. The Bertz CT molecular complexity index is 718. The predicted molar refractivity (Wildman–Crippen MR) is 62.3 cm³/mol. The Labute approximate surface area is 110 Å². The highest BCUT2D eigenvalue weighted by Crippen LogP contribution is 2.29. The molecule has 0 bridgehead atoms. The van der Waals surface area contributed by atoms with Crippen molar-refractivity contribution in [1.29, 1.82) is 0 Å². The molecule has 2 aromatic heterocycles. The number of benzene rings is 1. The molecule has 3 aromatic rings. The van der Waals surface area contributed by atoms with Crippen LogP contribution in [-0.2, 0) is 6.30 Å². The van der Waals surface area contributed by atoms with Gasteiger partial charge in [0.1, 0.15) is 0 Å². The van der Waals surface area contributed by atoms with Crippen molar-refractivity contribution in [3.63, 3.8) is 0 Å². The van der Waals surface area contributed by atoms with Gasteiger partial charge in [0.15, 0.2) is 0 Å². The number of aromatic nitrogens is 4. The third-order valence-corrected chi connectivity index (χ3v) is 2.56. The molecule has 0 aliphatic heterocycles. The van der Waals surface area contributed by atoms with Crippen LogP contribution in [0.2, 0.25) is 0 Å². The number of hydrogen-bond acceptors (Lipinski definition) is 4. The molecule has 0 spiro atoms. The molecular weight excluding hydrogens is 273 g/mol. The van der Waals surface area contributed by atoms with Crippen molar-refractivity contribution < 1.29 is 17.7 Å². The van der Waals surface area contributed by atoms with Gasteiger partial charge in [0.2, 0.25) is 11.6 Å². The normalized spacial score (nSPS) is 11.8. The smallest absolute Gasteiger partial charge is 0.330 e. The van der Waals surface area contributed by atoms with Crippen molar-refractivity contribution in [2.45, 2.75) is 6.30 Å². The van der Waals surface area contributed by atoms with Crippen LogP contribution in [0.15, 0.2) is 47.2 Å². The summed E-state index contributed by atoms with van der Waals surface area (Å²) in [5.41, 5.74) is 0.646. The maximum absolute atomic E-state index is 12.7. The summed E-state index contributed by atoms with van der Waals surface area (Å²) < 4.78 is 43.1. The highest BCUT2D eigenvalue weighted by Gasteiger charge is 2.34. The molecule has 0 N–H and O–H groups in total. The second-order valence-corrected chi connectivity index (χ2v) is 3.88. The fourth-order valence-electron chi connectivity index (χ4n) is 1.69. The van der Waals surface area contributed by atoms with Crippen molar-refractivity contribution in [2.24, 2.45) is 0 Å². The van der Waals surface area contributed by atoms with Crippen LogP contribution in [0.1, 0.15) is 0 Å². The average molecular weight is 280 g/mol. The Kier molecular flexibility index (Phi) is 2.78. The summed E-state index contributed by atoms with van der Waals surface area (Å²) in [4.78, 5) is 7.54. The lowest BCUT2D eigenvalue weighted by Crippen LogP contribution is -2.16. The number of halogens is 3. The van der Waals surface area contributed by atoms with Crippen LogP contribution in [0.5, 0.6) is 0 Å². The highest BCUT2D eigenvalue weighted by molar-refractivity contribution is 5.56. The fourth-order valence-corrected chi connectivity index (χ4v) is 1.69. The van der Waals surface area contributed by atoms with E-state index in [1.54, 1.807) is 30.3 Å². The molecule has 8 heteroatoms. The number of rotatable bonds is 2. The maximum atomic E-state index is 12.7. The molecule has 0 unspecified atom stereocenters. The van der Waals surface area contributed by atoms with E-state index in [1.807, 2.05) is 0 Å². The molecule has 0 aliphatic carbocycles. The first kappa shape index (κ1) is 12.4. The fraction of sp³-hybridized carbons (Fsp3) is 0.0833. The Balaban J connectivity index is 2.02. The first-order chi connectivity index (χ1) is 9.55. The molecule has 1 aromatic carbocycles. The molecule has 0 radical (unpaired) electrons. The van der Waals surface area contributed by atoms with Gasteiger partial charge >= 0.3 is 6.30 Å². The summed E-state index contributed by atoms with van der Waals surface area (Å²) in [5.74, 6) is -0.518. The second kappa shape index (κ2) is 4.48. The molecule has 0 aliphatic rings. The summed E-state index contributed by atoms with van der Waals surface area (Å²) in [5, 5.41) is 3.66. The number of imidazole rings is 1. The largest absolute Gasteiger partial charge is 0.490 e. The standard InChI is InChI=1S/C12H7F3N4O/c13-12(14,15)19-7-6-16-10(19)11-17-9(18-20-11)8-4-2-1-3-5-8/h1-7H. The van der Waals surface area contributed by atoms with Gasteiger partial charge in [-0.05, 0) is 0 Å². The van der Waals surface area contributed by atoms with Gasteiger partial charge in [-0.15, -0.1) is 13.2 Å². The van der Waals surface area contributed by atoms with Crippen LogP contribution >= 0.6 is 0 Å². The first-order valence-corrected chi connectivity index (χ1v) is 5.56. The van der Waals surface area contributed by atoms with Crippen molar-refractivity contribution in [3.8, 4) is 23.1 Å². The van der Waals surface area contributed by atoms with Crippen LogP contribution in [0.25, 0.3) is 23.1 Å². The maximum Gasteiger partial charge on any atom is 0.490 e. The third-order valence-electron chi connectivity index (χ3n) is 2.56. The summed E-state index contributed by atoms with van der Waals surface area (Å²) in [6.45, 7) is 0. The van der Waals surface area contributed by atoms with Gasteiger partial charge in [0.05, 0.1) is 0 Å². The Morgan fingerprint density at radius 2 is 1.85 bits per heavy atom. The van der Waals surface area contributed by atoms with E-state index in [0.29, 0.717) is 5.56 Å². The van der Waals surface area contributed by atoms with E-state index < -0.39 is 12.1 Å². The molecular formula is C12H7F3N4O. The molecule has 0 fully saturated rings. The lowest BCUT2D eigenvalue weighted by Gasteiger charge is -2.08.